The number of aliphatic carboxylic acids is 1. The van der Waals surface area contributed by atoms with Crippen LogP contribution < -0.4 is 33.2 Å². The van der Waals surface area contributed by atoms with Gasteiger partial charge in [0.2, 0.25) is 29.5 Å². The number of carboxylic acid groups (broad SMARTS) is 1. The lowest BCUT2D eigenvalue weighted by Gasteiger charge is -2.21. The van der Waals surface area contributed by atoms with Crippen molar-refractivity contribution < 1.29 is 33.9 Å². The van der Waals surface area contributed by atoms with Gasteiger partial charge in [0, 0.05) is 12.8 Å². The fourth-order valence-corrected chi connectivity index (χ4v) is 2.21. The Morgan fingerprint density at radius 1 is 0.833 bits per heavy atom. The molecule has 0 aromatic carbocycles. The zero-order chi connectivity index (χ0) is 23.4. The zero-order valence-electron chi connectivity index (χ0n) is 17.0. The smallest absolute Gasteiger partial charge is 0.326 e. The summed E-state index contributed by atoms with van der Waals surface area (Å²) in [5, 5.41) is 16.0. The molecule has 3 atom stereocenters. The second kappa shape index (κ2) is 13.1. The number of nitrogens with one attached hydrogen (secondary N) is 3. The molecule has 5 amide bonds. The molecule has 0 aromatic rings. The van der Waals surface area contributed by atoms with Crippen LogP contribution in [0.2, 0.25) is 0 Å². The molecule has 30 heavy (non-hydrogen) atoms. The third-order valence-corrected chi connectivity index (χ3v) is 4.07. The van der Waals surface area contributed by atoms with E-state index in [2.05, 4.69) is 16.0 Å². The lowest BCUT2D eigenvalue weighted by atomic mass is 10.1. The molecule has 0 saturated heterocycles. The molecular weight excluding hydrogens is 400 g/mol. The maximum atomic E-state index is 12.4. The van der Waals surface area contributed by atoms with Crippen molar-refractivity contribution >= 4 is 35.5 Å². The van der Waals surface area contributed by atoms with E-state index in [1.165, 1.54) is 0 Å². The molecule has 0 aliphatic heterocycles. The first-order valence-corrected chi connectivity index (χ1v) is 9.27. The molecular formula is C17H30N6O7. The van der Waals surface area contributed by atoms with Crippen LogP contribution >= 0.6 is 0 Å². The molecule has 0 fully saturated rings. The molecule has 13 heteroatoms. The number of carbonyl (C=O) groups is 6. The van der Waals surface area contributed by atoms with Crippen LogP contribution in [0.3, 0.4) is 0 Å². The highest BCUT2D eigenvalue weighted by molar-refractivity contribution is 5.93. The highest BCUT2D eigenvalue weighted by Gasteiger charge is 2.27. The summed E-state index contributed by atoms with van der Waals surface area (Å²) >= 11 is 0. The van der Waals surface area contributed by atoms with Crippen molar-refractivity contribution in [3.8, 4) is 0 Å². The fourth-order valence-electron chi connectivity index (χ4n) is 2.21. The molecule has 0 spiro atoms. The molecule has 0 bridgehead atoms. The monoisotopic (exact) mass is 430 g/mol. The average molecular weight is 430 g/mol. The summed E-state index contributed by atoms with van der Waals surface area (Å²) in [7, 11) is 0. The highest BCUT2D eigenvalue weighted by Crippen LogP contribution is 2.03. The van der Waals surface area contributed by atoms with E-state index in [1.807, 2.05) is 0 Å². The van der Waals surface area contributed by atoms with Crippen LogP contribution in [0, 0.1) is 5.92 Å². The third-order valence-electron chi connectivity index (χ3n) is 4.07. The van der Waals surface area contributed by atoms with Gasteiger partial charge in [0.25, 0.3) is 0 Å². The first-order chi connectivity index (χ1) is 13.8. The van der Waals surface area contributed by atoms with E-state index in [9.17, 15) is 33.9 Å². The number of nitrogens with two attached hydrogens (primary N) is 3. The van der Waals surface area contributed by atoms with Gasteiger partial charge in [-0.15, -0.1) is 0 Å². The first-order valence-electron chi connectivity index (χ1n) is 9.27. The first kappa shape index (κ1) is 26.8. The molecule has 0 aliphatic carbocycles. The minimum Gasteiger partial charge on any atom is -0.480 e. The summed E-state index contributed by atoms with van der Waals surface area (Å²) in [5.41, 5.74) is 15.7. The molecule has 0 saturated carbocycles. The quantitative estimate of drug-likeness (QED) is 0.147. The van der Waals surface area contributed by atoms with Crippen molar-refractivity contribution in [1.29, 1.82) is 0 Å². The van der Waals surface area contributed by atoms with E-state index in [0.717, 1.165) is 0 Å². The van der Waals surface area contributed by atoms with Gasteiger partial charge in [-0.1, -0.05) is 13.8 Å². The Balaban J connectivity index is 5.02. The number of hydrogen-bond donors (Lipinski definition) is 7. The van der Waals surface area contributed by atoms with E-state index < -0.39 is 60.2 Å². The van der Waals surface area contributed by atoms with Crippen molar-refractivity contribution in [3.05, 3.63) is 0 Å². The second-order valence-corrected chi connectivity index (χ2v) is 7.02. The normalized spacial score (nSPS) is 13.6. The van der Waals surface area contributed by atoms with Gasteiger partial charge in [0.05, 0.1) is 12.6 Å². The van der Waals surface area contributed by atoms with E-state index in [4.69, 9.17) is 17.2 Å². The molecule has 10 N–H and O–H groups in total. The van der Waals surface area contributed by atoms with E-state index >= 15 is 0 Å². The summed E-state index contributed by atoms with van der Waals surface area (Å²) in [5.74, 6) is -5.25. The molecule has 0 heterocycles. The Morgan fingerprint density at radius 3 is 1.77 bits per heavy atom. The summed E-state index contributed by atoms with van der Waals surface area (Å²) < 4.78 is 0. The summed E-state index contributed by atoms with van der Waals surface area (Å²) in [6.45, 7) is 2.97. The number of hydrogen-bond acceptors (Lipinski definition) is 7. The van der Waals surface area contributed by atoms with Gasteiger partial charge >= 0.3 is 5.97 Å². The van der Waals surface area contributed by atoms with Gasteiger partial charge in [0.15, 0.2) is 0 Å². The topological polar surface area (TPSA) is 237 Å². The number of amides is 5. The standard InChI is InChI=1S/C17H30N6O7/c1-8(2)14(20)16(28)21-7-13(26)22-9(3-5-11(18)24)15(27)23-10(17(29)30)4-6-12(19)25/h8-10,14H,3-7,20H2,1-2H3,(H2,18,24)(H2,19,25)(H,21,28)(H,22,26)(H,23,27)(H,29,30)/t9-,10-,14-/m0/s1. The van der Waals surface area contributed by atoms with Crippen molar-refractivity contribution in [3.63, 3.8) is 0 Å². The van der Waals surface area contributed by atoms with E-state index in [0.29, 0.717) is 0 Å². The van der Waals surface area contributed by atoms with Crippen LogP contribution in [0.25, 0.3) is 0 Å². The Morgan fingerprint density at radius 2 is 1.33 bits per heavy atom. The molecule has 0 aliphatic rings. The van der Waals surface area contributed by atoms with Gasteiger partial charge in [-0.05, 0) is 18.8 Å². The predicted molar refractivity (Wildman–Crippen MR) is 104 cm³/mol. The number of carbonyl (C=O) groups excluding carboxylic acids is 5. The zero-order valence-corrected chi connectivity index (χ0v) is 17.0. The minimum atomic E-state index is -1.43. The van der Waals surface area contributed by atoms with Crippen molar-refractivity contribution in [2.75, 3.05) is 6.54 Å². The summed E-state index contributed by atoms with van der Waals surface area (Å²) in [4.78, 5) is 69.5. The Labute approximate surface area is 173 Å². The number of rotatable bonds is 14. The van der Waals surface area contributed by atoms with Crippen LogP contribution in [-0.4, -0.2) is 65.3 Å². The van der Waals surface area contributed by atoms with E-state index in [-0.39, 0.29) is 31.6 Å². The lowest BCUT2D eigenvalue weighted by Crippen LogP contribution is -2.54. The van der Waals surface area contributed by atoms with Crippen LogP contribution in [0.4, 0.5) is 0 Å². The molecule has 170 valence electrons. The Kier molecular flexibility index (Phi) is 11.7. The maximum Gasteiger partial charge on any atom is 0.326 e. The molecule has 13 nitrogen and oxygen atoms in total. The number of carboxylic acids is 1. The van der Waals surface area contributed by atoms with Crippen LogP contribution in [-0.2, 0) is 28.8 Å². The summed E-state index contributed by atoms with van der Waals surface area (Å²) in [6.07, 6.45) is -0.996. The SMILES string of the molecule is CC(C)[C@H](N)C(=O)NCC(=O)N[C@@H](CCC(N)=O)C(=O)N[C@@H](CCC(N)=O)C(=O)O. The number of primary amides is 2. The fraction of sp³-hybridized carbons (Fsp3) is 0.647. The molecule has 0 radical (unpaired) electrons. The van der Waals surface area contributed by atoms with Crippen molar-refractivity contribution in [2.45, 2.75) is 57.7 Å². The second-order valence-electron chi connectivity index (χ2n) is 7.02. The van der Waals surface area contributed by atoms with Crippen LogP contribution in [0.5, 0.6) is 0 Å². The summed E-state index contributed by atoms with van der Waals surface area (Å²) in [6, 6.07) is -3.55. The van der Waals surface area contributed by atoms with Gasteiger partial charge in [-0.25, -0.2) is 4.79 Å². The Bertz CT molecular complexity index is 667. The molecule has 0 aromatic heterocycles. The lowest BCUT2D eigenvalue weighted by molar-refractivity contribution is -0.142. The van der Waals surface area contributed by atoms with Crippen LogP contribution in [0.1, 0.15) is 39.5 Å². The highest BCUT2D eigenvalue weighted by atomic mass is 16.4. The van der Waals surface area contributed by atoms with Crippen molar-refractivity contribution in [1.82, 2.24) is 16.0 Å². The van der Waals surface area contributed by atoms with Gasteiger partial charge < -0.3 is 38.3 Å². The van der Waals surface area contributed by atoms with Gasteiger partial charge in [-0.3, -0.25) is 24.0 Å². The minimum absolute atomic E-state index is 0.157. The van der Waals surface area contributed by atoms with Gasteiger partial charge in [-0.2, -0.15) is 0 Å². The van der Waals surface area contributed by atoms with Gasteiger partial charge in [0.1, 0.15) is 12.1 Å². The third kappa shape index (κ3) is 10.9. The average Bonchev–Trinajstić information content (AvgIpc) is 2.64. The molecule has 0 unspecified atom stereocenters. The Hall–Kier alpha value is -3.22. The van der Waals surface area contributed by atoms with Crippen molar-refractivity contribution in [2.24, 2.45) is 23.1 Å². The largest absolute Gasteiger partial charge is 0.480 e. The van der Waals surface area contributed by atoms with Crippen LogP contribution in [0.15, 0.2) is 0 Å². The predicted octanol–water partition coefficient (Wildman–Crippen LogP) is -3.33. The maximum absolute atomic E-state index is 12.4. The molecule has 0 rings (SSSR count). The van der Waals surface area contributed by atoms with E-state index in [1.54, 1.807) is 13.8 Å².